The van der Waals surface area contributed by atoms with Crippen LogP contribution in [0, 0.1) is 28.6 Å². The van der Waals surface area contributed by atoms with E-state index in [1.54, 1.807) is 0 Å². The summed E-state index contributed by atoms with van der Waals surface area (Å²) in [5.74, 6) is 0.793. The second-order valence-corrected chi connectivity index (χ2v) is 12.3. The highest BCUT2D eigenvalue weighted by Gasteiger charge is 2.63. The normalized spacial score (nSPS) is 45.3. The summed E-state index contributed by atoms with van der Waals surface area (Å²) >= 11 is 3.81. The van der Waals surface area contributed by atoms with Crippen LogP contribution in [0.25, 0.3) is 0 Å². The van der Waals surface area contributed by atoms with Crippen LogP contribution in [0.2, 0.25) is 0 Å². The number of hydrogen-bond acceptors (Lipinski definition) is 5. The highest BCUT2D eigenvalue weighted by atomic mass is 79.9. The molecule has 6 heteroatoms. The fourth-order valence-electron chi connectivity index (χ4n) is 7.65. The minimum atomic E-state index is -0.449. The van der Waals surface area contributed by atoms with Gasteiger partial charge in [-0.05, 0) is 74.5 Å². The molecule has 0 amide bonds. The Bertz CT molecular complexity index is 752. The number of alkyl halides is 1. The summed E-state index contributed by atoms with van der Waals surface area (Å²) in [5.41, 5.74) is 1.40. The van der Waals surface area contributed by atoms with Crippen molar-refractivity contribution in [3.05, 3.63) is 11.6 Å². The van der Waals surface area contributed by atoms with E-state index in [4.69, 9.17) is 9.47 Å². The molecule has 0 radical (unpaired) electrons. The summed E-state index contributed by atoms with van der Waals surface area (Å²) in [4.78, 5) is 22.4. The van der Waals surface area contributed by atoms with Crippen LogP contribution in [0.3, 0.4) is 0 Å². The number of aliphatic hydroxyl groups is 1. The van der Waals surface area contributed by atoms with E-state index in [9.17, 15) is 14.7 Å². The van der Waals surface area contributed by atoms with Gasteiger partial charge in [-0.3, -0.25) is 4.79 Å². The van der Waals surface area contributed by atoms with Gasteiger partial charge < -0.3 is 19.4 Å². The highest BCUT2D eigenvalue weighted by Crippen LogP contribution is 2.66. The lowest BCUT2D eigenvalue weighted by Gasteiger charge is -2.58. The molecule has 0 aromatic rings. The standard InChI is InChI=1S/C26H39BrO5/c1-16(29)32-24-21(27)15-20-23-19(8-10-26(20,24)3)25(2)9-7-18(13-17(25)14-22(23)30)31-12-6-4-5-11-28/h11,14,18-24,30H,4-10,12-13,15H2,1-3H3/t18-,19?,20?,21+,22?,23?,24?,25-,26-/m0/s1. The van der Waals surface area contributed by atoms with Gasteiger partial charge in [-0.25, -0.2) is 0 Å². The largest absolute Gasteiger partial charge is 0.461 e. The molecular formula is C26H39BrO5. The maximum Gasteiger partial charge on any atom is 0.302 e. The van der Waals surface area contributed by atoms with Crippen molar-refractivity contribution in [2.75, 3.05) is 6.61 Å². The molecule has 4 rings (SSSR count). The van der Waals surface area contributed by atoms with Crippen LogP contribution in [-0.2, 0) is 19.1 Å². The first kappa shape index (κ1) is 24.4. The van der Waals surface area contributed by atoms with Crippen LogP contribution in [0.4, 0.5) is 0 Å². The molecule has 0 aromatic carbocycles. The fourth-order valence-corrected chi connectivity index (χ4v) is 8.77. The molecule has 5 unspecified atom stereocenters. The molecule has 180 valence electrons. The summed E-state index contributed by atoms with van der Waals surface area (Å²) < 4.78 is 12.0. The Morgan fingerprint density at radius 2 is 2.03 bits per heavy atom. The average molecular weight is 511 g/mol. The van der Waals surface area contributed by atoms with Crippen molar-refractivity contribution in [3.63, 3.8) is 0 Å². The van der Waals surface area contributed by atoms with E-state index in [1.165, 1.54) is 12.5 Å². The number of halogens is 1. The van der Waals surface area contributed by atoms with E-state index in [0.717, 1.165) is 57.7 Å². The van der Waals surface area contributed by atoms with Crippen LogP contribution in [0.15, 0.2) is 11.6 Å². The summed E-state index contributed by atoms with van der Waals surface area (Å²) in [6.45, 7) is 6.89. The number of esters is 1. The number of carbonyl (C=O) groups excluding carboxylic acids is 2. The van der Waals surface area contributed by atoms with Gasteiger partial charge in [-0.2, -0.15) is 0 Å². The zero-order chi connectivity index (χ0) is 23.1. The van der Waals surface area contributed by atoms with Gasteiger partial charge in [0.1, 0.15) is 12.4 Å². The minimum absolute atomic E-state index is 0.0917. The summed E-state index contributed by atoms with van der Waals surface area (Å²) in [7, 11) is 0. The number of ether oxygens (including phenoxy) is 2. The van der Waals surface area contributed by atoms with Gasteiger partial charge in [0, 0.05) is 25.4 Å². The predicted octanol–water partition coefficient (Wildman–Crippen LogP) is 4.98. The molecule has 3 saturated carbocycles. The third kappa shape index (κ3) is 4.24. The second kappa shape index (κ2) is 9.50. The summed E-state index contributed by atoms with van der Waals surface area (Å²) in [5, 5.41) is 11.4. The Hall–Kier alpha value is -0.720. The van der Waals surface area contributed by atoms with Crippen molar-refractivity contribution in [2.45, 2.75) is 102 Å². The van der Waals surface area contributed by atoms with Crippen molar-refractivity contribution >= 4 is 28.2 Å². The van der Waals surface area contributed by atoms with Gasteiger partial charge in [0.15, 0.2) is 0 Å². The smallest absolute Gasteiger partial charge is 0.302 e. The zero-order valence-corrected chi connectivity index (χ0v) is 21.3. The third-order valence-corrected chi connectivity index (χ3v) is 10.2. The molecule has 0 saturated heterocycles. The molecule has 9 atom stereocenters. The number of aldehydes is 1. The highest BCUT2D eigenvalue weighted by molar-refractivity contribution is 9.09. The Balaban J connectivity index is 1.49. The van der Waals surface area contributed by atoms with E-state index < -0.39 is 6.10 Å². The molecule has 1 N–H and O–H groups in total. The SMILES string of the molecule is CC(=O)OC1[C@H](Br)CC2C3C(O)C=C4C[C@@H](OCCCCC=O)CC[C@]4(C)C3CC[C@@]21C. The van der Waals surface area contributed by atoms with Gasteiger partial charge in [0.05, 0.1) is 17.0 Å². The Kier molecular flexibility index (Phi) is 7.24. The van der Waals surface area contributed by atoms with Crippen molar-refractivity contribution in [1.82, 2.24) is 0 Å². The van der Waals surface area contributed by atoms with Crippen molar-refractivity contribution in [1.29, 1.82) is 0 Å². The first-order chi connectivity index (χ1) is 15.2. The fraction of sp³-hybridized carbons (Fsp3) is 0.846. The molecule has 0 aliphatic heterocycles. The molecule has 0 aromatic heterocycles. The Morgan fingerprint density at radius 1 is 1.25 bits per heavy atom. The number of rotatable bonds is 7. The summed E-state index contributed by atoms with van der Waals surface area (Å²) in [6.07, 6.45) is 11.3. The lowest BCUT2D eigenvalue weighted by atomic mass is 9.47. The van der Waals surface area contributed by atoms with Crippen LogP contribution >= 0.6 is 15.9 Å². The van der Waals surface area contributed by atoms with E-state index in [0.29, 0.717) is 24.9 Å². The Morgan fingerprint density at radius 3 is 2.75 bits per heavy atom. The van der Waals surface area contributed by atoms with E-state index in [-0.39, 0.29) is 39.8 Å². The van der Waals surface area contributed by atoms with Gasteiger partial charge in [0.2, 0.25) is 0 Å². The number of carbonyl (C=O) groups is 2. The zero-order valence-electron chi connectivity index (χ0n) is 19.7. The van der Waals surface area contributed by atoms with Crippen LogP contribution in [-0.4, -0.2) is 47.1 Å². The van der Waals surface area contributed by atoms with E-state index in [1.807, 2.05) is 0 Å². The predicted molar refractivity (Wildman–Crippen MR) is 126 cm³/mol. The molecule has 5 nitrogen and oxygen atoms in total. The topological polar surface area (TPSA) is 72.8 Å². The van der Waals surface area contributed by atoms with Gasteiger partial charge in [-0.15, -0.1) is 0 Å². The Labute approximate surface area is 200 Å². The van der Waals surface area contributed by atoms with E-state index >= 15 is 0 Å². The minimum Gasteiger partial charge on any atom is -0.461 e. The van der Waals surface area contributed by atoms with Gasteiger partial charge in [0.25, 0.3) is 0 Å². The number of aliphatic hydroxyl groups excluding tert-OH is 1. The average Bonchev–Trinajstić information content (AvgIpc) is 2.98. The van der Waals surface area contributed by atoms with Crippen molar-refractivity contribution in [3.8, 4) is 0 Å². The van der Waals surface area contributed by atoms with Gasteiger partial charge in [-0.1, -0.05) is 41.4 Å². The lowest BCUT2D eigenvalue weighted by molar-refractivity contribution is -0.159. The monoisotopic (exact) mass is 510 g/mol. The lowest BCUT2D eigenvalue weighted by Crippen LogP contribution is -2.55. The molecular weight excluding hydrogens is 472 g/mol. The molecule has 32 heavy (non-hydrogen) atoms. The maximum absolute atomic E-state index is 11.8. The number of hydrogen-bond donors (Lipinski definition) is 1. The number of fused-ring (bicyclic) bond motifs is 5. The van der Waals surface area contributed by atoms with Crippen LogP contribution in [0.5, 0.6) is 0 Å². The van der Waals surface area contributed by atoms with Crippen LogP contribution in [0.1, 0.15) is 78.6 Å². The first-order valence-corrected chi connectivity index (χ1v) is 13.4. The molecule has 0 spiro atoms. The first-order valence-electron chi connectivity index (χ1n) is 12.5. The molecule has 0 heterocycles. The second-order valence-electron chi connectivity index (χ2n) is 11.1. The van der Waals surface area contributed by atoms with Gasteiger partial charge >= 0.3 is 5.97 Å². The number of unbranched alkanes of at least 4 members (excludes halogenated alkanes) is 2. The molecule has 4 aliphatic rings. The molecule has 0 bridgehead atoms. The van der Waals surface area contributed by atoms with Crippen molar-refractivity contribution in [2.24, 2.45) is 28.6 Å². The van der Waals surface area contributed by atoms with Crippen molar-refractivity contribution < 1.29 is 24.2 Å². The van der Waals surface area contributed by atoms with Crippen LogP contribution < -0.4 is 0 Å². The third-order valence-electron chi connectivity index (χ3n) is 9.34. The maximum atomic E-state index is 11.8. The summed E-state index contributed by atoms with van der Waals surface area (Å²) in [6, 6.07) is 0. The molecule has 3 fully saturated rings. The van der Waals surface area contributed by atoms with E-state index in [2.05, 4.69) is 35.9 Å². The molecule has 4 aliphatic carbocycles. The quantitative estimate of drug-likeness (QED) is 0.172.